The van der Waals surface area contributed by atoms with Gasteiger partial charge in [-0.3, -0.25) is 4.99 Å². The molecule has 1 aliphatic rings. The van der Waals surface area contributed by atoms with Gasteiger partial charge in [0, 0.05) is 33.2 Å². The lowest BCUT2D eigenvalue weighted by Gasteiger charge is -2.26. The number of likely N-dealkylation sites (N-methyl/N-ethyl adjacent to an activating group) is 1. The Morgan fingerprint density at radius 3 is 2.61 bits per heavy atom. The first-order chi connectivity index (χ1) is 13.3. The van der Waals surface area contributed by atoms with Crippen LogP contribution in [-0.2, 0) is 11.2 Å². The lowest BCUT2D eigenvalue weighted by molar-refractivity contribution is 0.0264. The highest BCUT2D eigenvalue weighted by Crippen LogP contribution is 2.32. The molecule has 0 spiro atoms. The van der Waals surface area contributed by atoms with Gasteiger partial charge >= 0.3 is 6.09 Å². The number of benzene rings is 1. The van der Waals surface area contributed by atoms with E-state index in [0.29, 0.717) is 25.6 Å². The predicted octanol–water partition coefficient (Wildman–Crippen LogP) is 2.38. The summed E-state index contributed by atoms with van der Waals surface area (Å²) >= 11 is 0. The number of nitrogens with one attached hydrogen (secondary N) is 2. The third-order valence-corrected chi connectivity index (χ3v) is 4.07. The molecular formula is C20H32N4O4. The first-order valence-corrected chi connectivity index (χ1v) is 9.63. The Morgan fingerprint density at radius 1 is 1.21 bits per heavy atom. The minimum absolute atomic E-state index is 0.283. The SMILES string of the molecule is CCN(CCNC(=NC)NCCc1ccc2c(c1)OCO2)C(=O)OC(C)(C)C. The number of nitrogens with zero attached hydrogens (tertiary/aromatic N) is 2. The van der Waals surface area contributed by atoms with Crippen LogP contribution in [0.4, 0.5) is 4.79 Å². The van der Waals surface area contributed by atoms with E-state index in [9.17, 15) is 4.79 Å². The van der Waals surface area contributed by atoms with Crippen LogP contribution < -0.4 is 20.1 Å². The van der Waals surface area contributed by atoms with E-state index < -0.39 is 5.60 Å². The molecule has 0 aliphatic carbocycles. The minimum Gasteiger partial charge on any atom is -0.454 e. The molecule has 2 rings (SSSR count). The Hall–Kier alpha value is -2.64. The molecule has 2 N–H and O–H groups in total. The van der Waals surface area contributed by atoms with E-state index >= 15 is 0 Å². The van der Waals surface area contributed by atoms with Crippen LogP contribution in [0.2, 0.25) is 0 Å². The largest absolute Gasteiger partial charge is 0.454 e. The van der Waals surface area contributed by atoms with Crippen molar-refractivity contribution in [2.75, 3.05) is 40.0 Å². The van der Waals surface area contributed by atoms with Gasteiger partial charge in [0.2, 0.25) is 6.79 Å². The van der Waals surface area contributed by atoms with E-state index in [1.807, 2.05) is 45.9 Å². The Kier molecular flexibility index (Phi) is 7.78. The van der Waals surface area contributed by atoms with E-state index in [0.717, 1.165) is 30.0 Å². The molecular weight excluding hydrogens is 360 g/mol. The molecule has 1 amide bonds. The molecule has 1 aliphatic heterocycles. The van der Waals surface area contributed by atoms with Gasteiger partial charge in [0.15, 0.2) is 17.5 Å². The number of carbonyl (C=O) groups is 1. The van der Waals surface area contributed by atoms with Gasteiger partial charge in [-0.15, -0.1) is 0 Å². The zero-order valence-electron chi connectivity index (χ0n) is 17.5. The fraction of sp³-hybridized carbons (Fsp3) is 0.600. The molecule has 1 aromatic rings. The summed E-state index contributed by atoms with van der Waals surface area (Å²) in [5.74, 6) is 2.28. The third-order valence-electron chi connectivity index (χ3n) is 4.07. The summed E-state index contributed by atoms with van der Waals surface area (Å²) in [4.78, 5) is 18.0. The Balaban J connectivity index is 1.71. The van der Waals surface area contributed by atoms with Crippen LogP contribution in [0.25, 0.3) is 0 Å². The topological polar surface area (TPSA) is 84.4 Å². The quantitative estimate of drug-likeness (QED) is 0.548. The molecule has 1 heterocycles. The highest BCUT2D eigenvalue weighted by Gasteiger charge is 2.20. The van der Waals surface area contributed by atoms with Crippen LogP contribution in [-0.4, -0.2) is 62.6 Å². The first kappa shape index (κ1) is 21.7. The lowest BCUT2D eigenvalue weighted by atomic mass is 10.1. The Bertz CT molecular complexity index is 685. The molecule has 0 atom stereocenters. The van der Waals surface area contributed by atoms with Crippen molar-refractivity contribution in [3.8, 4) is 11.5 Å². The van der Waals surface area contributed by atoms with Gasteiger partial charge in [-0.2, -0.15) is 0 Å². The van der Waals surface area contributed by atoms with E-state index in [1.165, 1.54) is 0 Å². The Morgan fingerprint density at radius 2 is 1.93 bits per heavy atom. The summed E-state index contributed by atoms with van der Waals surface area (Å²) in [6, 6.07) is 5.96. The minimum atomic E-state index is -0.496. The van der Waals surface area contributed by atoms with Gasteiger partial charge in [-0.1, -0.05) is 6.07 Å². The van der Waals surface area contributed by atoms with Crippen molar-refractivity contribution in [1.29, 1.82) is 0 Å². The van der Waals surface area contributed by atoms with Crippen LogP contribution in [0, 0.1) is 0 Å². The predicted molar refractivity (Wildman–Crippen MR) is 109 cm³/mol. The number of hydrogen-bond donors (Lipinski definition) is 2. The van der Waals surface area contributed by atoms with Crippen LogP contribution >= 0.6 is 0 Å². The fourth-order valence-corrected chi connectivity index (χ4v) is 2.66. The number of amides is 1. The summed E-state index contributed by atoms with van der Waals surface area (Å²) in [5.41, 5.74) is 0.666. The molecule has 8 nitrogen and oxygen atoms in total. The monoisotopic (exact) mass is 392 g/mol. The second-order valence-corrected chi connectivity index (χ2v) is 7.42. The highest BCUT2D eigenvalue weighted by molar-refractivity contribution is 5.79. The number of aliphatic imine (C=N–C) groups is 1. The van der Waals surface area contributed by atoms with Crippen LogP contribution in [0.1, 0.15) is 33.3 Å². The summed E-state index contributed by atoms with van der Waals surface area (Å²) < 4.78 is 16.1. The number of rotatable bonds is 7. The van der Waals surface area contributed by atoms with E-state index in [4.69, 9.17) is 14.2 Å². The van der Waals surface area contributed by atoms with Crippen molar-refractivity contribution in [2.24, 2.45) is 4.99 Å². The summed E-state index contributed by atoms with van der Waals surface area (Å²) in [6.45, 7) is 10.2. The van der Waals surface area contributed by atoms with Gasteiger partial charge in [-0.25, -0.2) is 4.79 Å². The third kappa shape index (κ3) is 6.83. The maximum atomic E-state index is 12.2. The number of fused-ring (bicyclic) bond motifs is 1. The van der Waals surface area contributed by atoms with Crippen molar-refractivity contribution in [1.82, 2.24) is 15.5 Å². The average Bonchev–Trinajstić information content (AvgIpc) is 3.10. The molecule has 0 saturated carbocycles. The zero-order valence-corrected chi connectivity index (χ0v) is 17.5. The maximum absolute atomic E-state index is 12.2. The second-order valence-electron chi connectivity index (χ2n) is 7.42. The summed E-state index contributed by atoms with van der Waals surface area (Å²) in [5, 5.41) is 6.50. The van der Waals surface area contributed by atoms with Crippen LogP contribution in [0.15, 0.2) is 23.2 Å². The van der Waals surface area contributed by atoms with Crippen molar-refractivity contribution in [3.05, 3.63) is 23.8 Å². The number of guanidine groups is 1. The molecule has 0 fully saturated rings. The molecule has 156 valence electrons. The normalized spacial score (nSPS) is 13.2. The van der Waals surface area contributed by atoms with Gasteiger partial charge in [-0.05, 0) is 51.8 Å². The zero-order chi connectivity index (χ0) is 20.6. The molecule has 0 aromatic heterocycles. The lowest BCUT2D eigenvalue weighted by Crippen LogP contribution is -2.44. The van der Waals surface area contributed by atoms with E-state index in [2.05, 4.69) is 15.6 Å². The number of carbonyl (C=O) groups excluding carboxylic acids is 1. The van der Waals surface area contributed by atoms with Crippen molar-refractivity contribution >= 4 is 12.1 Å². The molecule has 0 bridgehead atoms. The molecule has 28 heavy (non-hydrogen) atoms. The maximum Gasteiger partial charge on any atom is 0.410 e. The smallest absolute Gasteiger partial charge is 0.410 e. The van der Waals surface area contributed by atoms with Crippen molar-refractivity contribution in [2.45, 2.75) is 39.7 Å². The average molecular weight is 393 g/mol. The molecule has 0 radical (unpaired) electrons. The van der Waals surface area contributed by atoms with E-state index in [-0.39, 0.29) is 12.9 Å². The number of ether oxygens (including phenoxy) is 3. The Labute approximate surface area is 167 Å². The van der Waals surface area contributed by atoms with Gasteiger partial charge < -0.3 is 29.7 Å². The first-order valence-electron chi connectivity index (χ1n) is 9.63. The molecule has 1 aromatic carbocycles. The van der Waals surface area contributed by atoms with Crippen LogP contribution in [0.3, 0.4) is 0 Å². The number of hydrogen-bond acceptors (Lipinski definition) is 5. The summed E-state index contributed by atoms with van der Waals surface area (Å²) in [7, 11) is 1.72. The standard InChI is InChI=1S/C20H32N4O4/c1-6-24(19(25)28-20(2,3)4)12-11-23-18(21-5)22-10-9-15-7-8-16-17(13-15)27-14-26-16/h7-8,13H,6,9-12,14H2,1-5H3,(H2,21,22,23). The summed E-state index contributed by atoms with van der Waals surface area (Å²) in [6.07, 6.45) is 0.527. The highest BCUT2D eigenvalue weighted by atomic mass is 16.7. The van der Waals surface area contributed by atoms with Gasteiger partial charge in [0.1, 0.15) is 5.60 Å². The van der Waals surface area contributed by atoms with Crippen molar-refractivity contribution in [3.63, 3.8) is 0 Å². The van der Waals surface area contributed by atoms with Crippen molar-refractivity contribution < 1.29 is 19.0 Å². The van der Waals surface area contributed by atoms with Gasteiger partial charge in [0.05, 0.1) is 0 Å². The molecule has 0 unspecified atom stereocenters. The van der Waals surface area contributed by atoms with Crippen LogP contribution in [0.5, 0.6) is 11.5 Å². The molecule has 0 saturated heterocycles. The van der Waals surface area contributed by atoms with E-state index in [1.54, 1.807) is 11.9 Å². The fourth-order valence-electron chi connectivity index (χ4n) is 2.66. The second kappa shape index (κ2) is 10.1. The molecule has 8 heteroatoms. The van der Waals surface area contributed by atoms with Gasteiger partial charge in [0.25, 0.3) is 0 Å².